The summed E-state index contributed by atoms with van der Waals surface area (Å²) in [6, 6.07) is 6.83. The second-order valence-electron chi connectivity index (χ2n) is 3.39. The molecule has 92 valence electrons. The summed E-state index contributed by atoms with van der Waals surface area (Å²) in [5.74, 6) is -0.861. The van der Waals surface area contributed by atoms with Gasteiger partial charge in [0.2, 0.25) is 0 Å². The number of hydrogen-bond donors (Lipinski definition) is 3. The van der Waals surface area contributed by atoms with Gasteiger partial charge in [0.05, 0.1) is 0 Å². The Bertz CT molecular complexity index is 392. The number of benzene rings is 1. The van der Waals surface area contributed by atoms with Crippen LogP contribution in [0.3, 0.4) is 0 Å². The Labute approximate surface area is 107 Å². The Balaban J connectivity index is 2.25. The largest absolute Gasteiger partial charge is 0.481 e. The van der Waals surface area contributed by atoms with E-state index >= 15 is 0 Å². The molecule has 2 amide bonds. The molecule has 0 atom stereocenters. The molecule has 0 aliphatic heterocycles. The van der Waals surface area contributed by atoms with Crippen molar-refractivity contribution in [3.8, 4) is 0 Å². The van der Waals surface area contributed by atoms with Crippen LogP contribution in [0.1, 0.15) is 12.8 Å². The van der Waals surface area contributed by atoms with Gasteiger partial charge in [-0.2, -0.15) is 0 Å². The molecule has 0 spiro atoms. The number of nitrogens with one attached hydrogen (secondary N) is 2. The average molecular weight is 301 g/mol. The normalized spacial score (nSPS) is 9.71. The van der Waals surface area contributed by atoms with Crippen molar-refractivity contribution in [1.82, 2.24) is 5.32 Å². The first kappa shape index (κ1) is 13.5. The maximum absolute atomic E-state index is 11.4. The fourth-order valence-electron chi connectivity index (χ4n) is 1.15. The summed E-state index contributed by atoms with van der Waals surface area (Å²) in [7, 11) is 0. The van der Waals surface area contributed by atoms with Crippen LogP contribution in [0.2, 0.25) is 0 Å². The van der Waals surface area contributed by atoms with E-state index in [1.165, 1.54) is 0 Å². The van der Waals surface area contributed by atoms with Crippen molar-refractivity contribution >= 4 is 33.6 Å². The van der Waals surface area contributed by atoms with Gasteiger partial charge in [0.1, 0.15) is 0 Å². The van der Waals surface area contributed by atoms with Crippen LogP contribution in [0, 0.1) is 0 Å². The maximum Gasteiger partial charge on any atom is 0.319 e. The van der Waals surface area contributed by atoms with E-state index in [4.69, 9.17) is 5.11 Å². The molecule has 1 aromatic rings. The summed E-state index contributed by atoms with van der Waals surface area (Å²) in [6.45, 7) is 0.342. The lowest BCUT2D eigenvalue weighted by atomic mass is 10.3. The number of carbonyl (C=O) groups is 2. The van der Waals surface area contributed by atoms with Gasteiger partial charge in [0, 0.05) is 23.1 Å². The lowest BCUT2D eigenvalue weighted by Gasteiger charge is -2.06. The van der Waals surface area contributed by atoms with Crippen LogP contribution in [0.5, 0.6) is 0 Å². The van der Waals surface area contributed by atoms with Crippen LogP contribution in [0.15, 0.2) is 28.7 Å². The van der Waals surface area contributed by atoms with E-state index in [2.05, 4.69) is 26.6 Å². The molecular weight excluding hydrogens is 288 g/mol. The highest BCUT2D eigenvalue weighted by atomic mass is 79.9. The lowest BCUT2D eigenvalue weighted by Crippen LogP contribution is -2.29. The first-order valence-electron chi connectivity index (χ1n) is 5.10. The monoisotopic (exact) mass is 300 g/mol. The molecule has 0 saturated heterocycles. The standard InChI is InChI=1S/C11H13BrN2O3/c12-8-3-5-9(6-4-8)14-11(17)13-7-1-2-10(15)16/h3-6H,1-2,7H2,(H,15,16)(H2,13,14,17). The average Bonchev–Trinajstić information content (AvgIpc) is 2.27. The van der Waals surface area contributed by atoms with Crippen molar-refractivity contribution in [1.29, 1.82) is 0 Å². The minimum atomic E-state index is -0.861. The van der Waals surface area contributed by atoms with Gasteiger partial charge in [-0.25, -0.2) is 4.79 Å². The first-order valence-corrected chi connectivity index (χ1v) is 5.89. The molecule has 1 rings (SSSR count). The molecule has 0 aliphatic carbocycles. The van der Waals surface area contributed by atoms with Gasteiger partial charge in [-0.1, -0.05) is 15.9 Å². The molecule has 1 aromatic carbocycles. The van der Waals surface area contributed by atoms with Gasteiger partial charge in [0.15, 0.2) is 0 Å². The Morgan fingerprint density at radius 2 is 1.88 bits per heavy atom. The number of carboxylic acid groups (broad SMARTS) is 1. The van der Waals surface area contributed by atoms with Crippen molar-refractivity contribution in [2.75, 3.05) is 11.9 Å². The third-order valence-electron chi connectivity index (χ3n) is 1.96. The van der Waals surface area contributed by atoms with E-state index in [1.54, 1.807) is 12.1 Å². The molecule has 5 nitrogen and oxygen atoms in total. The van der Waals surface area contributed by atoms with E-state index in [-0.39, 0.29) is 12.5 Å². The summed E-state index contributed by atoms with van der Waals surface area (Å²) in [4.78, 5) is 21.6. The first-order chi connectivity index (χ1) is 8.08. The zero-order chi connectivity index (χ0) is 12.7. The van der Waals surface area contributed by atoms with Crippen molar-refractivity contribution in [3.05, 3.63) is 28.7 Å². The number of urea groups is 1. The molecule has 0 bridgehead atoms. The SMILES string of the molecule is O=C(O)CCCNC(=O)Nc1ccc(Br)cc1. The predicted molar refractivity (Wildman–Crippen MR) is 68.0 cm³/mol. The Kier molecular flexibility index (Phi) is 5.48. The van der Waals surface area contributed by atoms with Crippen molar-refractivity contribution in [2.24, 2.45) is 0 Å². The second kappa shape index (κ2) is 6.90. The van der Waals surface area contributed by atoms with E-state index in [1.807, 2.05) is 12.1 Å². The van der Waals surface area contributed by atoms with E-state index in [0.29, 0.717) is 18.7 Å². The van der Waals surface area contributed by atoms with Crippen molar-refractivity contribution < 1.29 is 14.7 Å². The molecule has 0 heterocycles. The third-order valence-corrected chi connectivity index (χ3v) is 2.48. The molecular formula is C11H13BrN2O3. The quantitative estimate of drug-likeness (QED) is 0.731. The molecule has 17 heavy (non-hydrogen) atoms. The van der Waals surface area contributed by atoms with Gasteiger partial charge >= 0.3 is 12.0 Å². The summed E-state index contributed by atoms with van der Waals surface area (Å²) < 4.78 is 0.935. The van der Waals surface area contributed by atoms with Gasteiger partial charge in [-0.15, -0.1) is 0 Å². The zero-order valence-electron chi connectivity index (χ0n) is 9.07. The highest BCUT2D eigenvalue weighted by Crippen LogP contribution is 2.13. The summed E-state index contributed by atoms with van der Waals surface area (Å²) in [5, 5.41) is 13.6. The second-order valence-corrected chi connectivity index (χ2v) is 4.30. The highest BCUT2D eigenvalue weighted by molar-refractivity contribution is 9.10. The predicted octanol–water partition coefficient (Wildman–Crippen LogP) is 2.44. The number of halogens is 1. The van der Waals surface area contributed by atoms with Crippen LogP contribution in [0.4, 0.5) is 10.5 Å². The number of rotatable bonds is 5. The number of hydrogen-bond acceptors (Lipinski definition) is 2. The number of amides is 2. The number of carbonyl (C=O) groups excluding carboxylic acids is 1. The molecule has 0 unspecified atom stereocenters. The third kappa shape index (κ3) is 5.91. The minimum absolute atomic E-state index is 0.0541. The minimum Gasteiger partial charge on any atom is -0.481 e. The van der Waals surface area contributed by atoms with Crippen LogP contribution in [-0.2, 0) is 4.79 Å². The topological polar surface area (TPSA) is 78.4 Å². The van der Waals surface area contributed by atoms with E-state index in [9.17, 15) is 9.59 Å². The summed E-state index contributed by atoms with van der Waals surface area (Å²) in [5.41, 5.74) is 0.684. The summed E-state index contributed by atoms with van der Waals surface area (Å²) in [6.07, 6.45) is 0.474. The number of carboxylic acids is 1. The molecule has 0 fully saturated rings. The van der Waals surface area contributed by atoms with Crippen LogP contribution < -0.4 is 10.6 Å². The maximum atomic E-state index is 11.4. The van der Waals surface area contributed by atoms with E-state index in [0.717, 1.165) is 4.47 Å². The van der Waals surface area contributed by atoms with Gasteiger partial charge in [-0.05, 0) is 30.7 Å². The number of anilines is 1. The van der Waals surface area contributed by atoms with Crippen LogP contribution in [0.25, 0.3) is 0 Å². The lowest BCUT2D eigenvalue weighted by molar-refractivity contribution is -0.137. The van der Waals surface area contributed by atoms with Crippen LogP contribution >= 0.6 is 15.9 Å². The fraction of sp³-hybridized carbons (Fsp3) is 0.273. The molecule has 3 N–H and O–H groups in total. The summed E-state index contributed by atoms with van der Waals surface area (Å²) >= 11 is 3.29. The highest BCUT2D eigenvalue weighted by Gasteiger charge is 2.01. The molecule has 0 aliphatic rings. The Morgan fingerprint density at radius 3 is 2.47 bits per heavy atom. The van der Waals surface area contributed by atoms with Gasteiger partial charge < -0.3 is 15.7 Å². The number of aliphatic carboxylic acids is 1. The van der Waals surface area contributed by atoms with Gasteiger partial charge in [-0.3, -0.25) is 4.79 Å². The van der Waals surface area contributed by atoms with Crippen LogP contribution in [-0.4, -0.2) is 23.7 Å². The Morgan fingerprint density at radius 1 is 1.24 bits per heavy atom. The molecule has 6 heteroatoms. The fourth-order valence-corrected chi connectivity index (χ4v) is 1.41. The zero-order valence-corrected chi connectivity index (χ0v) is 10.7. The van der Waals surface area contributed by atoms with Crippen molar-refractivity contribution in [2.45, 2.75) is 12.8 Å². The van der Waals surface area contributed by atoms with Crippen molar-refractivity contribution in [3.63, 3.8) is 0 Å². The molecule has 0 saturated carbocycles. The molecule has 0 aromatic heterocycles. The smallest absolute Gasteiger partial charge is 0.319 e. The Hall–Kier alpha value is -1.56. The van der Waals surface area contributed by atoms with E-state index < -0.39 is 5.97 Å². The molecule has 0 radical (unpaired) electrons. The van der Waals surface area contributed by atoms with Gasteiger partial charge in [0.25, 0.3) is 0 Å².